The SMILES string of the molecule is CCC(O)(CC)CNC(C)Cc1ccc(Cl)cc1. The fourth-order valence-corrected chi connectivity index (χ4v) is 2.04. The van der Waals surface area contributed by atoms with Gasteiger partial charge in [0.2, 0.25) is 0 Å². The van der Waals surface area contributed by atoms with E-state index in [4.69, 9.17) is 11.6 Å². The number of hydrogen-bond acceptors (Lipinski definition) is 2. The van der Waals surface area contributed by atoms with Crippen LogP contribution in [0.2, 0.25) is 5.02 Å². The summed E-state index contributed by atoms with van der Waals surface area (Å²) >= 11 is 5.86. The molecule has 1 unspecified atom stereocenters. The van der Waals surface area contributed by atoms with Crippen molar-refractivity contribution in [1.29, 1.82) is 0 Å². The van der Waals surface area contributed by atoms with Crippen molar-refractivity contribution in [2.45, 2.75) is 51.7 Å². The minimum atomic E-state index is -0.575. The molecule has 0 radical (unpaired) electrons. The predicted molar refractivity (Wildman–Crippen MR) is 78.2 cm³/mol. The van der Waals surface area contributed by atoms with Crippen LogP contribution < -0.4 is 5.32 Å². The Morgan fingerprint density at radius 1 is 1.22 bits per heavy atom. The molecule has 1 aromatic rings. The number of benzene rings is 1. The standard InChI is InChI=1S/C15H24ClNO/c1-4-15(18,5-2)11-17-12(3)10-13-6-8-14(16)9-7-13/h6-9,12,17-18H,4-5,10-11H2,1-3H3. The van der Waals surface area contributed by atoms with Gasteiger partial charge >= 0.3 is 0 Å². The number of nitrogens with one attached hydrogen (secondary N) is 1. The van der Waals surface area contributed by atoms with E-state index < -0.39 is 5.60 Å². The molecule has 2 nitrogen and oxygen atoms in total. The summed E-state index contributed by atoms with van der Waals surface area (Å²) in [5.74, 6) is 0. The summed E-state index contributed by atoms with van der Waals surface area (Å²) < 4.78 is 0. The van der Waals surface area contributed by atoms with Crippen LogP contribution in [0, 0.1) is 0 Å². The van der Waals surface area contributed by atoms with E-state index >= 15 is 0 Å². The van der Waals surface area contributed by atoms with Crippen molar-refractivity contribution < 1.29 is 5.11 Å². The van der Waals surface area contributed by atoms with Crippen molar-refractivity contribution in [3.8, 4) is 0 Å². The molecule has 0 bridgehead atoms. The smallest absolute Gasteiger partial charge is 0.0766 e. The summed E-state index contributed by atoms with van der Waals surface area (Å²) in [7, 11) is 0. The summed E-state index contributed by atoms with van der Waals surface area (Å²) in [4.78, 5) is 0. The molecule has 1 aromatic carbocycles. The maximum Gasteiger partial charge on any atom is 0.0766 e. The molecule has 2 N–H and O–H groups in total. The van der Waals surface area contributed by atoms with Crippen LogP contribution in [0.25, 0.3) is 0 Å². The van der Waals surface area contributed by atoms with Crippen molar-refractivity contribution >= 4 is 11.6 Å². The molecule has 0 aromatic heterocycles. The van der Waals surface area contributed by atoms with Gasteiger partial charge in [-0.05, 0) is 43.9 Å². The normalized spacial score (nSPS) is 13.6. The molecule has 102 valence electrons. The molecule has 0 saturated heterocycles. The van der Waals surface area contributed by atoms with Crippen LogP contribution in [0.3, 0.4) is 0 Å². The Kier molecular flexibility index (Phi) is 6.13. The molecular formula is C15H24ClNO. The Morgan fingerprint density at radius 2 is 1.78 bits per heavy atom. The number of rotatable bonds is 7. The van der Waals surface area contributed by atoms with E-state index in [0.29, 0.717) is 12.6 Å². The zero-order valence-electron chi connectivity index (χ0n) is 11.5. The molecule has 1 rings (SSSR count). The Labute approximate surface area is 115 Å². The highest BCUT2D eigenvalue weighted by Crippen LogP contribution is 2.14. The second kappa shape index (κ2) is 7.13. The van der Waals surface area contributed by atoms with E-state index in [-0.39, 0.29) is 0 Å². The van der Waals surface area contributed by atoms with Gasteiger partial charge in [-0.2, -0.15) is 0 Å². The Balaban J connectivity index is 2.42. The first-order valence-corrected chi connectivity index (χ1v) is 7.07. The first-order chi connectivity index (χ1) is 8.49. The van der Waals surface area contributed by atoms with E-state index in [1.807, 2.05) is 38.1 Å². The van der Waals surface area contributed by atoms with Crippen LogP contribution in [0.4, 0.5) is 0 Å². The summed E-state index contributed by atoms with van der Waals surface area (Å²) in [5, 5.41) is 14.4. The van der Waals surface area contributed by atoms with Crippen LogP contribution in [-0.2, 0) is 6.42 Å². The second-order valence-corrected chi connectivity index (χ2v) is 5.48. The predicted octanol–water partition coefficient (Wildman–Crippen LogP) is 3.41. The highest BCUT2D eigenvalue weighted by molar-refractivity contribution is 6.30. The highest BCUT2D eigenvalue weighted by Gasteiger charge is 2.22. The van der Waals surface area contributed by atoms with E-state index in [9.17, 15) is 5.11 Å². The Hall–Kier alpha value is -0.570. The molecule has 0 heterocycles. The van der Waals surface area contributed by atoms with Gasteiger partial charge in [0.25, 0.3) is 0 Å². The van der Waals surface area contributed by atoms with Crippen LogP contribution in [0.1, 0.15) is 39.2 Å². The zero-order chi connectivity index (χ0) is 13.6. The number of hydrogen-bond donors (Lipinski definition) is 2. The lowest BCUT2D eigenvalue weighted by molar-refractivity contribution is 0.0303. The lowest BCUT2D eigenvalue weighted by Gasteiger charge is -2.27. The third-order valence-corrected chi connectivity index (χ3v) is 3.80. The van der Waals surface area contributed by atoms with Gasteiger partial charge in [0.1, 0.15) is 0 Å². The molecule has 0 aliphatic rings. The molecule has 0 aliphatic carbocycles. The maximum absolute atomic E-state index is 10.2. The van der Waals surface area contributed by atoms with Crippen molar-refractivity contribution in [3.63, 3.8) is 0 Å². The van der Waals surface area contributed by atoms with Gasteiger partial charge in [-0.1, -0.05) is 37.6 Å². The van der Waals surface area contributed by atoms with Crippen molar-refractivity contribution in [3.05, 3.63) is 34.9 Å². The Morgan fingerprint density at radius 3 is 2.28 bits per heavy atom. The molecule has 0 aliphatic heterocycles. The lowest BCUT2D eigenvalue weighted by Crippen LogP contribution is -2.43. The molecule has 0 spiro atoms. The Bertz CT molecular complexity index is 346. The maximum atomic E-state index is 10.2. The number of halogens is 1. The third-order valence-electron chi connectivity index (χ3n) is 3.55. The van der Waals surface area contributed by atoms with Gasteiger partial charge in [-0.15, -0.1) is 0 Å². The molecular weight excluding hydrogens is 246 g/mol. The molecule has 0 saturated carbocycles. The second-order valence-electron chi connectivity index (χ2n) is 5.04. The molecule has 18 heavy (non-hydrogen) atoms. The first-order valence-electron chi connectivity index (χ1n) is 6.69. The molecule has 1 atom stereocenters. The van der Waals surface area contributed by atoms with Gasteiger partial charge < -0.3 is 10.4 Å². The highest BCUT2D eigenvalue weighted by atomic mass is 35.5. The van der Waals surface area contributed by atoms with Gasteiger partial charge in [-0.25, -0.2) is 0 Å². The van der Waals surface area contributed by atoms with Crippen LogP contribution in [0.5, 0.6) is 0 Å². The van der Waals surface area contributed by atoms with E-state index in [2.05, 4.69) is 12.2 Å². The monoisotopic (exact) mass is 269 g/mol. The summed E-state index contributed by atoms with van der Waals surface area (Å²) in [6, 6.07) is 8.27. The van der Waals surface area contributed by atoms with Crippen LogP contribution in [-0.4, -0.2) is 23.3 Å². The summed E-state index contributed by atoms with van der Waals surface area (Å²) in [6.45, 7) is 6.83. The summed E-state index contributed by atoms with van der Waals surface area (Å²) in [6.07, 6.45) is 2.51. The van der Waals surface area contributed by atoms with Crippen LogP contribution in [0.15, 0.2) is 24.3 Å². The lowest BCUT2D eigenvalue weighted by atomic mass is 9.97. The van der Waals surface area contributed by atoms with Crippen molar-refractivity contribution in [2.75, 3.05) is 6.54 Å². The minimum absolute atomic E-state index is 0.343. The molecule has 0 amide bonds. The van der Waals surface area contributed by atoms with Crippen molar-refractivity contribution in [1.82, 2.24) is 5.32 Å². The quantitative estimate of drug-likeness (QED) is 0.795. The third kappa shape index (κ3) is 4.97. The minimum Gasteiger partial charge on any atom is -0.389 e. The van der Waals surface area contributed by atoms with E-state index in [1.54, 1.807) is 0 Å². The van der Waals surface area contributed by atoms with Gasteiger partial charge in [0.15, 0.2) is 0 Å². The van der Waals surface area contributed by atoms with E-state index in [0.717, 1.165) is 24.3 Å². The van der Waals surface area contributed by atoms with Crippen LogP contribution >= 0.6 is 11.6 Å². The zero-order valence-corrected chi connectivity index (χ0v) is 12.3. The summed E-state index contributed by atoms with van der Waals surface area (Å²) in [5.41, 5.74) is 0.685. The molecule has 3 heteroatoms. The average molecular weight is 270 g/mol. The van der Waals surface area contributed by atoms with E-state index in [1.165, 1.54) is 5.56 Å². The first kappa shape index (κ1) is 15.5. The number of aliphatic hydroxyl groups is 1. The van der Waals surface area contributed by atoms with Crippen molar-refractivity contribution in [2.24, 2.45) is 0 Å². The average Bonchev–Trinajstić information content (AvgIpc) is 2.39. The fourth-order valence-electron chi connectivity index (χ4n) is 1.91. The largest absolute Gasteiger partial charge is 0.389 e. The molecule has 0 fully saturated rings. The fraction of sp³-hybridized carbons (Fsp3) is 0.600. The van der Waals surface area contributed by atoms with Gasteiger partial charge in [-0.3, -0.25) is 0 Å². The van der Waals surface area contributed by atoms with Gasteiger partial charge in [0.05, 0.1) is 5.60 Å². The topological polar surface area (TPSA) is 32.3 Å². The van der Waals surface area contributed by atoms with Gasteiger partial charge in [0, 0.05) is 17.6 Å².